The standard InChI is InChI=1S/C10H16N2O2/c1-6(2)8-5-11-12-9(8)4-7(3)10(13)14/h5-7H,4H2,1-3H3,(H,11,12)(H,13,14). The quantitative estimate of drug-likeness (QED) is 0.771. The Kier molecular flexibility index (Phi) is 3.28. The summed E-state index contributed by atoms with van der Waals surface area (Å²) < 4.78 is 0. The minimum absolute atomic E-state index is 0.368. The van der Waals surface area contributed by atoms with Crippen LogP contribution >= 0.6 is 0 Å². The minimum Gasteiger partial charge on any atom is -0.481 e. The van der Waals surface area contributed by atoms with Gasteiger partial charge in [-0.2, -0.15) is 5.10 Å². The molecule has 0 saturated heterocycles. The van der Waals surface area contributed by atoms with Gasteiger partial charge < -0.3 is 5.11 Å². The topological polar surface area (TPSA) is 66.0 Å². The Morgan fingerprint density at radius 3 is 2.71 bits per heavy atom. The normalized spacial score (nSPS) is 13.1. The summed E-state index contributed by atoms with van der Waals surface area (Å²) in [5, 5.41) is 15.6. The zero-order valence-corrected chi connectivity index (χ0v) is 8.74. The van der Waals surface area contributed by atoms with Crippen LogP contribution < -0.4 is 0 Å². The van der Waals surface area contributed by atoms with Gasteiger partial charge in [0.15, 0.2) is 0 Å². The zero-order valence-electron chi connectivity index (χ0n) is 8.74. The van der Waals surface area contributed by atoms with E-state index in [2.05, 4.69) is 24.0 Å². The highest BCUT2D eigenvalue weighted by atomic mass is 16.4. The van der Waals surface area contributed by atoms with Crippen molar-refractivity contribution in [2.75, 3.05) is 0 Å². The third kappa shape index (κ3) is 2.34. The first-order valence-corrected chi connectivity index (χ1v) is 4.77. The number of carbonyl (C=O) groups is 1. The van der Waals surface area contributed by atoms with E-state index in [1.807, 2.05) is 0 Å². The summed E-state index contributed by atoms with van der Waals surface area (Å²) >= 11 is 0. The molecule has 4 heteroatoms. The molecule has 0 spiro atoms. The van der Waals surface area contributed by atoms with E-state index in [4.69, 9.17) is 5.11 Å². The Morgan fingerprint density at radius 1 is 1.57 bits per heavy atom. The van der Waals surface area contributed by atoms with Gasteiger partial charge >= 0.3 is 5.97 Å². The molecule has 1 aromatic heterocycles. The molecule has 14 heavy (non-hydrogen) atoms. The van der Waals surface area contributed by atoms with Crippen LogP contribution in [0.15, 0.2) is 6.20 Å². The molecule has 0 aromatic carbocycles. The van der Waals surface area contributed by atoms with Crippen LogP contribution in [0.1, 0.15) is 37.9 Å². The Labute approximate surface area is 83.3 Å². The molecule has 0 amide bonds. The molecular weight excluding hydrogens is 180 g/mol. The van der Waals surface area contributed by atoms with Crippen molar-refractivity contribution in [3.63, 3.8) is 0 Å². The molecule has 1 rings (SSSR count). The third-order valence-electron chi connectivity index (χ3n) is 2.31. The first kappa shape index (κ1) is 10.8. The van der Waals surface area contributed by atoms with E-state index in [0.717, 1.165) is 11.3 Å². The van der Waals surface area contributed by atoms with Gasteiger partial charge in [0.25, 0.3) is 0 Å². The molecule has 1 heterocycles. The van der Waals surface area contributed by atoms with E-state index in [0.29, 0.717) is 12.3 Å². The largest absolute Gasteiger partial charge is 0.481 e. The lowest BCUT2D eigenvalue weighted by Crippen LogP contribution is -2.13. The first-order valence-electron chi connectivity index (χ1n) is 4.77. The molecule has 0 saturated carbocycles. The molecule has 1 unspecified atom stereocenters. The minimum atomic E-state index is -0.769. The lowest BCUT2D eigenvalue weighted by Gasteiger charge is -2.08. The Hall–Kier alpha value is -1.32. The number of carboxylic acids is 1. The SMILES string of the molecule is CC(Cc1[nH]ncc1C(C)C)C(=O)O. The Bertz CT molecular complexity index is 318. The number of aromatic amines is 1. The smallest absolute Gasteiger partial charge is 0.306 e. The first-order chi connectivity index (χ1) is 6.52. The number of nitrogens with zero attached hydrogens (tertiary/aromatic N) is 1. The van der Waals surface area contributed by atoms with E-state index in [-0.39, 0.29) is 5.92 Å². The summed E-state index contributed by atoms with van der Waals surface area (Å²) in [6, 6.07) is 0. The Morgan fingerprint density at radius 2 is 2.21 bits per heavy atom. The molecule has 0 aliphatic heterocycles. The second-order valence-corrected chi connectivity index (χ2v) is 3.90. The molecule has 1 atom stereocenters. The average molecular weight is 196 g/mol. The molecule has 0 bridgehead atoms. The summed E-state index contributed by atoms with van der Waals surface area (Å²) in [6.45, 7) is 5.84. The fourth-order valence-electron chi connectivity index (χ4n) is 1.38. The van der Waals surface area contributed by atoms with Gasteiger partial charge in [0.2, 0.25) is 0 Å². The van der Waals surface area contributed by atoms with Crippen molar-refractivity contribution < 1.29 is 9.90 Å². The van der Waals surface area contributed by atoms with Crippen LogP contribution in [0.4, 0.5) is 0 Å². The third-order valence-corrected chi connectivity index (χ3v) is 2.31. The van der Waals surface area contributed by atoms with Crippen molar-refractivity contribution >= 4 is 5.97 Å². The fraction of sp³-hybridized carbons (Fsp3) is 0.600. The molecule has 0 fully saturated rings. The molecule has 78 valence electrons. The molecule has 0 aliphatic carbocycles. The summed E-state index contributed by atoms with van der Waals surface area (Å²) in [5.74, 6) is -0.757. The van der Waals surface area contributed by atoms with Crippen LogP contribution in [0, 0.1) is 5.92 Å². The highest BCUT2D eigenvalue weighted by Gasteiger charge is 2.16. The van der Waals surface area contributed by atoms with Gasteiger partial charge in [-0.3, -0.25) is 9.89 Å². The Balaban J connectivity index is 2.76. The van der Waals surface area contributed by atoms with Crippen molar-refractivity contribution in [1.29, 1.82) is 0 Å². The van der Waals surface area contributed by atoms with E-state index in [1.54, 1.807) is 13.1 Å². The maximum atomic E-state index is 10.7. The number of hydrogen-bond donors (Lipinski definition) is 2. The predicted octanol–water partition coefficient (Wildman–Crippen LogP) is 1.80. The number of nitrogens with one attached hydrogen (secondary N) is 1. The maximum Gasteiger partial charge on any atom is 0.306 e. The van der Waals surface area contributed by atoms with Crippen LogP contribution in [-0.4, -0.2) is 21.3 Å². The number of hydrogen-bond acceptors (Lipinski definition) is 2. The van der Waals surface area contributed by atoms with E-state index >= 15 is 0 Å². The van der Waals surface area contributed by atoms with Gasteiger partial charge in [0.1, 0.15) is 0 Å². The van der Waals surface area contributed by atoms with Crippen LogP contribution in [0.2, 0.25) is 0 Å². The van der Waals surface area contributed by atoms with E-state index in [1.165, 1.54) is 0 Å². The second-order valence-electron chi connectivity index (χ2n) is 3.90. The average Bonchev–Trinajstić information content (AvgIpc) is 2.52. The van der Waals surface area contributed by atoms with Crippen LogP contribution in [0.3, 0.4) is 0 Å². The van der Waals surface area contributed by atoms with Gasteiger partial charge in [-0.1, -0.05) is 20.8 Å². The number of aliphatic carboxylic acids is 1. The monoisotopic (exact) mass is 196 g/mol. The summed E-state index contributed by atoms with van der Waals surface area (Å²) in [4.78, 5) is 10.7. The molecule has 4 nitrogen and oxygen atoms in total. The lowest BCUT2D eigenvalue weighted by molar-refractivity contribution is -0.141. The van der Waals surface area contributed by atoms with Crippen LogP contribution in [-0.2, 0) is 11.2 Å². The maximum absolute atomic E-state index is 10.7. The zero-order chi connectivity index (χ0) is 10.7. The highest BCUT2D eigenvalue weighted by molar-refractivity contribution is 5.69. The molecule has 2 N–H and O–H groups in total. The summed E-state index contributed by atoms with van der Waals surface area (Å²) in [7, 11) is 0. The molecular formula is C10H16N2O2. The number of aromatic nitrogens is 2. The number of rotatable bonds is 4. The lowest BCUT2D eigenvalue weighted by atomic mass is 9.98. The molecule has 0 aliphatic rings. The van der Waals surface area contributed by atoms with Gasteiger partial charge in [-0.05, 0) is 11.5 Å². The van der Waals surface area contributed by atoms with Crippen molar-refractivity contribution in [3.8, 4) is 0 Å². The van der Waals surface area contributed by atoms with Crippen molar-refractivity contribution in [2.45, 2.75) is 33.1 Å². The van der Waals surface area contributed by atoms with Gasteiger partial charge in [0.05, 0.1) is 12.1 Å². The predicted molar refractivity (Wildman–Crippen MR) is 53.2 cm³/mol. The van der Waals surface area contributed by atoms with Crippen molar-refractivity contribution in [2.24, 2.45) is 5.92 Å². The highest BCUT2D eigenvalue weighted by Crippen LogP contribution is 2.19. The fourth-order valence-corrected chi connectivity index (χ4v) is 1.38. The summed E-state index contributed by atoms with van der Waals surface area (Å²) in [6.07, 6.45) is 2.29. The van der Waals surface area contributed by atoms with E-state index in [9.17, 15) is 4.79 Å². The molecule has 1 aromatic rings. The van der Waals surface area contributed by atoms with Crippen LogP contribution in [0.5, 0.6) is 0 Å². The van der Waals surface area contributed by atoms with Gasteiger partial charge in [-0.15, -0.1) is 0 Å². The van der Waals surface area contributed by atoms with Crippen molar-refractivity contribution in [1.82, 2.24) is 10.2 Å². The van der Waals surface area contributed by atoms with Gasteiger partial charge in [0, 0.05) is 12.1 Å². The second kappa shape index (κ2) is 4.26. The number of carboxylic acid groups (broad SMARTS) is 1. The van der Waals surface area contributed by atoms with Crippen molar-refractivity contribution in [3.05, 3.63) is 17.5 Å². The number of H-pyrrole nitrogens is 1. The van der Waals surface area contributed by atoms with Gasteiger partial charge in [-0.25, -0.2) is 0 Å². The van der Waals surface area contributed by atoms with E-state index < -0.39 is 5.97 Å². The van der Waals surface area contributed by atoms with Crippen LogP contribution in [0.25, 0.3) is 0 Å². The molecule has 0 radical (unpaired) electrons. The summed E-state index contributed by atoms with van der Waals surface area (Å²) in [5.41, 5.74) is 2.05.